The second-order valence-electron chi connectivity index (χ2n) is 6.34. The number of urea groups is 1. The van der Waals surface area contributed by atoms with Gasteiger partial charge in [-0.3, -0.25) is 0 Å². The van der Waals surface area contributed by atoms with E-state index >= 15 is 0 Å². The third-order valence-electron chi connectivity index (χ3n) is 4.20. The highest BCUT2D eigenvalue weighted by atomic mass is 16.3. The first-order chi connectivity index (χ1) is 9.41. The normalized spacial score (nSPS) is 19.7. The molecule has 5 heteroatoms. The third kappa shape index (κ3) is 5.67. The maximum Gasteiger partial charge on any atom is 0.317 e. The molecule has 20 heavy (non-hydrogen) atoms. The van der Waals surface area contributed by atoms with Crippen LogP contribution in [0.25, 0.3) is 0 Å². The first kappa shape index (κ1) is 17.2. The SMILES string of the molecule is CC(O)CN(C)C(=O)NCC(C1CCCCC1)N(C)C. The zero-order valence-electron chi connectivity index (χ0n) is 13.4. The maximum absolute atomic E-state index is 12.0. The molecule has 0 aromatic heterocycles. The number of nitrogens with zero attached hydrogens (tertiary/aromatic N) is 2. The Labute approximate surface area is 123 Å². The molecule has 2 amide bonds. The second-order valence-corrected chi connectivity index (χ2v) is 6.34. The average Bonchev–Trinajstić information content (AvgIpc) is 2.38. The molecule has 5 nitrogen and oxygen atoms in total. The fourth-order valence-corrected chi connectivity index (χ4v) is 3.10. The quantitative estimate of drug-likeness (QED) is 0.778. The lowest BCUT2D eigenvalue weighted by Crippen LogP contribution is -2.49. The second kappa shape index (κ2) is 8.47. The first-order valence-electron chi connectivity index (χ1n) is 7.75. The van der Waals surface area contributed by atoms with E-state index in [0.29, 0.717) is 25.0 Å². The number of carbonyl (C=O) groups excluding carboxylic acids is 1. The van der Waals surface area contributed by atoms with Crippen molar-refractivity contribution in [3.05, 3.63) is 0 Å². The summed E-state index contributed by atoms with van der Waals surface area (Å²) in [5, 5.41) is 12.3. The Kier molecular flexibility index (Phi) is 7.30. The minimum absolute atomic E-state index is 0.103. The van der Waals surface area contributed by atoms with Crippen LogP contribution in [-0.2, 0) is 0 Å². The molecule has 2 atom stereocenters. The summed E-state index contributed by atoms with van der Waals surface area (Å²) in [6.07, 6.45) is 6.01. The lowest BCUT2D eigenvalue weighted by Gasteiger charge is -2.35. The first-order valence-corrected chi connectivity index (χ1v) is 7.75. The van der Waals surface area contributed by atoms with Crippen LogP contribution in [0.3, 0.4) is 0 Å². The van der Waals surface area contributed by atoms with Crippen molar-refractivity contribution in [3.8, 4) is 0 Å². The van der Waals surface area contributed by atoms with Gasteiger partial charge in [0.25, 0.3) is 0 Å². The molecule has 1 fully saturated rings. The topological polar surface area (TPSA) is 55.8 Å². The molecular weight excluding hydrogens is 254 g/mol. The van der Waals surface area contributed by atoms with Gasteiger partial charge in [-0.1, -0.05) is 19.3 Å². The molecule has 0 bridgehead atoms. The Balaban J connectivity index is 2.44. The number of hydrogen-bond acceptors (Lipinski definition) is 3. The fraction of sp³-hybridized carbons (Fsp3) is 0.933. The minimum atomic E-state index is -0.492. The van der Waals surface area contributed by atoms with Gasteiger partial charge in [0.05, 0.1) is 6.10 Å². The molecule has 0 heterocycles. The summed E-state index contributed by atoms with van der Waals surface area (Å²) in [5.41, 5.74) is 0. The molecule has 1 rings (SSSR count). The predicted molar refractivity (Wildman–Crippen MR) is 81.8 cm³/mol. The van der Waals surface area contributed by atoms with E-state index in [-0.39, 0.29) is 6.03 Å². The van der Waals surface area contributed by atoms with E-state index in [1.807, 2.05) is 0 Å². The molecule has 0 saturated heterocycles. The number of carbonyl (C=O) groups is 1. The Morgan fingerprint density at radius 1 is 1.25 bits per heavy atom. The van der Waals surface area contributed by atoms with E-state index in [0.717, 1.165) is 0 Å². The van der Waals surface area contributed by atoms with Gasteiger partial charge in [-0.05, 0) is 39.8 Å². The van der Waals surface area contributed by atoms with Gasteiger partial charge < -0.3 is 20.2 Å². The highest BCUT2D eigenvalue weighted by Gasteiger charge is 2.26. The predicted octanol–water partition coefficient (Wildman–Crippen LogP) is 1.52. The Morgan fingerprint density at radius 2 is 1.85 bits per heavy atom. The van der Waals surface area contributed by atoms with E-state index in [4.69, 9.17) is 0 Å². The van der Waals surface area contributed by atoms with Gasteiger partial charge >= 0.3 is 6.03 Å². The van der Waals surface area contributed by atoms with E-state index in [1.165, 1.54) is 37.0 Å². The molecule has 1 aliphatic rings. The molecule has 0 aliphatic heterocycles. The van der Waals surface area contributed by atoms with Crippen molar-refractivity contribution in [2.24, 2.45) is 5.92 Å². The van der Waals surface area contributed by atoms with Crippen molar-refractivity contribution in [1.82, 2.24) is 15.1 Å². The summed E-state index contributed by atoms with van der Waals surface area (Å²) in [6.45, 7) is 2.73. The molecule has 2 unspecified atom stereocenters. The van der Waals surface area contributed by atoms with Crippen molar-refractivity contribution >= 4 is 6.03 Å². The van der Waals surface area contributed by atoms with Crippen LogP contribution >= 0.6 is 0 Å². The lowest BCUT2D eigenvalue weighted by molar-refractivity contribution is 0.137. The summed E-state index contributed by atoms with van der Waals surface area (Å²) in [4.78, 5) is 15.7. The summed E-state index contributed by atoms with van der Waals surface area (Å²) in [6, 6.07) is 0.299. The van der Waals surface area contributed by atoms with Crippen LogP contribution in [0.4, 0.5) is 4.79 Å². The van der Waals surface area contributed by atoms with Crippen LogP contribution in [-0.4, -0.2) is 67.3 Å². The summed E-state index contributed by atoms with van der Waals surface area (Å²) in [5.74, 6) is 0.682. The van der Waals surface area contributed by atoms with Crippen LogP contribution in [0.2, 0.25) is 0 Å². The van der Waals surface area contributed by atoms with Crippen molar-refractivity contribution in [2.45, 2.75) is 51.2 Å². The Morgan fingerprint density at radius 3 is 2.35 bits per heavy atom. The van der Waals surface area contributed by atoms with Gasteiger partial charge in [-0.2, -0.15) is 0 Å². The van der Waals surface area contributed by atoms with E-state index in [1.54, 1.807) is 14.0 Å². The molecule has 0 radical (unpaired) electrons. The highest BCUT2D eigenvalue weighted by molar-refractivity contribution is 5.73. The summed E-state index contributed by atoms with van der Waals surface area (Å²) >= 11 is 0. The Hall–Kier alpha value is -0.810. The van der Waals surface area contributed by atoms with Crippen molar-refractivity contribution < 1.29 is 9.90 Å². The standard InChI is InChI=1S/C15H31N3O2/c1-12(19)11-18(4)15(20)16-10-14(17(2)3)13-8-6-5-7-9-13/h12-14,19H,5-11H2,1-4H3,(H,16,20). The monoisotopic (exact) mass is 285 g/mol. The van der Waals surface area contributed by atoms with E-state index in [2.05, 4.69) is 24.3 Å². The highest BCUT2D eigenvalue weighted by Crippen LogP contribution is 2.28. The van der Waals surface area contributed by atoms with Crippen molar-refractivity contribution in [1.29, 1.82) is 0 Å². The average molecular weight is 285 g/mol. The van der Waals surface area contributed by atoms with E-state index < -0.39 is 6.10 Å². The zero-order valence-corrected chi connectivity index (χ0v) is 13.4. The summed E-state index contributed by atoms with van der Waals surface area (Å²) in [7, 11) is 5.89. The van der Waals surface area contributed by atoms with Crippen LogP contribution in [0.5, 0.6) is 0 Å². The molecule has 0 spiro atoms. The maximum atomic E-state index is 12.0. The van der Waals surface area contributed by atoms with Gasteiger partial charge in [0.15, 0.2) is 0 Å². The zero-order chi connectivity index (χ0) is 15.1. The van der Waals surface area contributed by atoms with Gasteiger partial charge in [-0.15, -0.1) is 0 Å². The largest absolute Gasteiger partial charge is 0.392 e. The number of hydrogen-bond donors (Lipinski definition) is 2. The molecule has 0 aromatic rings. The number of nitrogens with one attached hydrogen (secondary N) is 1. The minimum Gasteiger partial charge on any atom is -0.392 e. The molecule has 118 valence electrons. The lowest BCUT2D eigenvalue weighted by atomic mass is 9.83. The van der Waals surface area contributed by atoms with Crippen LogP contribution in [0.15, 0.2) is 0 Å². The fourth-order valence-electron chi connectivity index (χ4n) is 3.10. The van der Waals surface area contributed by atoms with Crippen LogP contribution in [0, 0.1) is 5.92 Å². The van der Waals surface area contributed by atoms with Crippen molar-refractivity contribution in [2.75, 3.05) is 34.2 Å². The van der Waals surface area contributed by atoms with Gasteiger partial charge in [0.2, 0.25) is 0 Å². The number of likely N-dealkylation sites (N-methyl/N-ethyl adjacent to an activating group) is 2. The van der Waals surface area contributed by atoms with Gasteiger partial charge in [-0.25, -0.2) is 4.79 Å². The number of aliphatic hydroxyl groups is 1. The van der Waals surface area contributed by atoms with Crippen LogP contribution < -0.4 is 5.32 Å². The number of amides is 2. The van der Waals surface area contributed by atoms with Crippen LogP contribution in [0.1, 0.15) is 39.0 Å². The molecule has 2 N–H and O–H groups in total. The number of aliphatic hydroxyl groups excluding tert-OH is 1. The summed E-state index contributed by atoms with van der Waals surface area (Å²) < 4.78 is 0. The third-order valence-corrected chi connectivity index (χ3v) is 4.20. The van der Waals surface area contributed by atoms with Crippen molar-refractivity contribution in [3.63, 3.8) is 0 Å². The van der Waals surface area contributed by atoms with Gasteiger partial charge in [0.1, 0.15) is 0 Å². The molecule has 0 aromatic carbocycles. The molecule has 1 aliphatic carbocycles. The molecule has 1 saturated carbocycles. The number of rotatable bonds is 6. The van der Waals surface area contributed by atoms with Gasteiger partial charge in [0, 0.05) is 26.2 Å². The van der Waals surface area contributed by atoms with E-state index in [9.17, 15) is 9.90 Å². The Bertz CT molecular complexity index is 289. The molecular formula is C15H31N3O2. The smallest absolute Gasteiger partial charge is 0.317 e.